The Morgan fingerprint density at radius 3 is 2.64 bits per heavy atom. The summed E-state index contributed by atoms with van der Waals surface area (Å²) in [5, 5.41) is 7.97. The molecule has 1 heterocycles. The largest absolute Gasteiger partial charge is 0.325 e. The van der Waals surface area contributed by atoms with Gasteiger partial charge in [-0.25, -0.2) is 4.68 Å². The second-order valence-corrected chi connectivity index (χ2v) is 2.36. The number of hydrogen-bond donors (Lipinski definition) is 1. The van der Waals surface area contributed by atoms with Gasteiger partial charge >= 0.3 is 0 Å². The zero-order valence-electron chi connectivity index (χ0n) is 7.04. The molecule has 0 saturated heterocycles. The molecule has 1 rings (SSSR count). The summed E-state index contributed by atoms with van der Waals surface area (Å²) < 4.78 is 1.85. The highest BCUT2D eigenvalue weighted by Crippen LogP contribution is 2.04. The van der Waals surface area contributed by atoms with Crippen LogP contribution in [0.4, 0.5) is 0 Å². The SMILES string of the molecule is CCc1nnn(CC)c1CN. The number of nitrogens with two attached hydrogens (primary N) is 1. The van der Waals surface area contributed by atoms with Gasteiger partial charge in [-0.05, 0) is 13.3 Å². The first-order chi connectivity index (χ1) is 5.33. The molecular weight excluding hydrogens is 140 g/mol. The summed E-state index contributed by atoms with van der Waals surface area (Å²) in [5.41, 5.74) is 7.63. The van der Waals surface area contributed by atoms with Gasteiger partial charge < -0.3 is 5.73 Å². The predicted octanol–water partition coefficient (Wildman–Crippen LogP) is 0.319. The molecule has 0 aliphatic carbocycles. The first-order valence-corrected chi connectivity index (χ1v) is 3.94. The molecule has 2 N–H and O–H groups in total. The minimum absolute atomic E-state index is 0.532. The molecule has 0 unspecified atom stereocenters. The first kappa shape index (κ1) is 8.20. The number of aromatic nitrogens is 3. The highest BCUT2D eigenvalue weighted by Gasteiger charge is 2.06. The van der Waals surface area contributed by atoms with E-state index >= 15 is 0 Å². The molecule has 1 aromatic heterocycles. The second kappa shape index (κ2) is 3.48. The topological polar surface area (TPSA) is 56.7 Å². The molecule has 4 heteroatoms. The smallest absolute Gasteiger partial charge is 0.0869 e. The molecule has 0 radical (unpaired) electrons. The lowest BCUT2D eigenvalue weighted by Crippen LogP contribution is -2.08. The zero-order chi connectivity index (χ0) is 8.27. The van der Waals surface area contributed by atoms with E-state index in [1.807, 2.05) is 11.6 Å². The molecule has 62 valence electrons. The fourth-order valence-corrected chi connectivity index (χ4v) is 1.12. The third kappa shape index (κ3) is 1.40. The zero-order valence-corrected chi connectivity index (χ0v) is 7.04. The summed E-state index contributed by atoms with van der Waals surface area (Å²) in [6, 6.07) is 0. The molecule has 0 saturated carbocycles. The van der Waals surface area contributed by atoms with E-state index in [9.17, 15) is 0 Å². The van der Waals surface area contributed by atoms with E-state index in [-0.39, 0.29) is 0 Å². The summed E-state index contributed by atoms with van der Waals surface area (Å²) in [5.74, 6) is 0. The maximum atomic E-state index is 5.55. The van der Waals surface area contributed by atoms with Gasteiger partial charge in [0.15, 0.2) is 0 Å². The summed E-state index contributed by atoms with van der Waals surface area (Å²) >= 11 is 0. The Hall–Kier alpha value is -0.900. The van der Waals surface area contributed by atoms with Gasteiger partial charge in [0.1, 0.15) is 0 Å². The Kier molecular flexibility index (Phi) is 2.59. The van der Waals surface area contributed by atoms with Crippen LogP contribution in [-0.4, -0.2) is 15.0 Å². The predicted molar refractivity (Wildman–Crippen MR) is 43.0 cm³/mol. The molecule has 0 fully saturated rings. The highest BCUT2D eigenvalue weighted by molar-refractivity contribution is 5.09. The quantitative estimate of drug-likeness (QED) is 0.682. The molecule has 0 aliphatic heterocycles. The third-order valence-corrected chi connectivity index (χ3v) is 1.75. The van der Waals surface area contributed by atoms with Gasteiger partial charge in [0.05, 0.1) is 11.4 Å². The van der Waals surface area contributed by atoms with Crippen LogP contribution in [0.1, 0.15) is 25.2 Å². The van der Waals surface area contributed by atoms with E-state index in [0.29, 0.717) is 6.54 Å². The molecule has 11 heavy (non-hydrogen) atoms. The Morgan fingerprint density at radius 1 is 1.45 bits per heavy atom. The van der Waals surface area contributed by atoms with E-state index in [2.05, 4.69) is 17.2 Å². The first-order valence-electron chi connectivity index (χ1n) is 3.94. The van der Waals surface area contributed by atoms with E-state index < -0.39 is 0 Å². The van der Waals surface area contributed by atoms with Crippen molar-refractivity contribution in [3.05, 3.63) is 11.4 Å². The van der Waals surface area contributed by atoms with Crippen LogP contribution < -0.4 is 5.73 Å². The molecule has 0 aliphatic rings. The lowest BCUT2D eigenvalue weighted by molar-refractivity contribution is 0.598. The van der Waals surface area contributed by atoms with Crippen molar-refractivity contribution < 1.29 is 0 Å². The van der Waals surface area contributed by atoms with Crippen molar-refractivity contribution in [1.29, 1.82) is 0 Å². The van der Waals surface area contributed by atoms with Gasteiger partial charge in [0, 0.05) is 13.1 Å². The Labute approximate surface area is 66.4 Å². The Bertz CT molecular complexity index is 207. The lowest BCUT2D eigenvalue weighted by Gasteiger charge is -2.00. The van der Waals surface area contributed by atoms with Crippen molar-refractivity contribution in [2.24, 2.45) is 5.73 Å². The normalized spacial score (nSPS) is 10.5. The van der Waals surface area contributed by atoms with Gasteiger partial charge in [-0.2, -0.15) is 0 Å². The number of hydrogen-bond acceptors (Lipinski definition) is 3. The average Bonchev–Trinajstić information content (AvgIpc) is 2.45. The van der Waals surface area contributed by atoms with Crippen LogP contribution in [0.25, 0.3) is 0 Å². The van der Waals surface area contributed by atoms with Crippen LogP contribution >= 0.6 is 0 Å². The second-order valence-electron chi connectivity index (χ2n) is 2.36. The van der Waals surface area contributed by atoms with E-state index in [0.717, 1.165) is 24.4 Å². The Balaban J connectivity index is 2.99. The monoisotopic (exact) mass is 154 g/mol. The van der Waals surface area contributed by atoms with Crippen molar-refractivity contribution in [1.82, 2.24) is 15.0 Å². The molecule has 1 aromatic rings. The molecule has 0 amide bonds. The van der Waals surface area contributed by atoms with Crippen LogP contribution in [-0.2, 0) is 19.5 Å². The molecule has 0 spiro atoms. The lowest BCUT2D eigenvalue weighted by atomic mass is 10.2. The maximum Gasteiger partial charge on any atom is 0.0869 e. The van der Waals surface area contributed by atoms with E-state index in [1.54, 1.807) is 0 Å². The maximum absolute atomic E-state index is 5.55. The van der Waals surface area contributed by atoms with Crippen LogP contribution in [0, 0.1) is 0 Å². The molecular formula is C7H14N4. The van der Waals surface area contributed by atoms with Gasteiger partial charge in [-0.1, -0.05) is 12.1 Å². The fraction of sp³-hybridized carbons (Fsp3) is 0.714. The molecule has 4 nitrogen and oxygen atoms in total. The average molecular weight is 154 g/mol. The summed E-state index contributed by atoms with van der Waals surface area (Å²) in [7, 11) is 0. The van der Waals surface area contributed by atoms with Crippen molar-refractivity contribution in [2.45, 2.75) is 33.4 Å². The number of rotatable bonds is 3. The van der Waals surface area contributed by atoms with Crippen LogP contribution in [0.5, 0.6) is 0 Å². The van der Waals surface area contributed by atoms with Crippen molar-refractivity contribution in [3.8, 4) is 0 Å². The number of nitrogens with zero attached hydrogens (tertiary/aromatic N) is 3. The van der Waals surface area contributed by atoms with Gasteiger partial charge in [0.2, 0.25) is 0 Å². The third-order valence-electron chi connectivity index (χ3n) is 1.75. The molecule has 0 aromatic carbocycles. The standard InChI is InChI=1S/C7H14N4/c1-3-6-7(5-8)11(4-2)10-9-6/h3-5,8H2,1-2H3. The number of aryl methyl sites for hydroxylation is 2. The van der Waals surface area contributed by atoms with E-state index in [1.165, 1.54) is 0 Å². The van der Waals surface area contributed by atoms with Crippen LogP contribution in [0.3, 0.4) is 0 Å². The molecule has 0 atom stereocenters. The van der Waals surface area contributed by atoms with Crippen LogP contribution in [0.15, 0.2) is 0 Å². The minimum Gasteiger partial charge on any atom is -0.325 e. The summed E-state index contributed by atoms with van der Waals surface area (Å²) in [6.45, 7) is 5.47. The van der Waals surface area contributed by atoms with Crippen molar-refractivity contribution >= 4 is 0 Å². The molecule has 0 bridgehead atoms. The van der Waals surface area contributed by atoms with Crippen LogP contribution in [0.2, 0.25) is 0 Å². The Morgan fingerprint density at radius 2 is 2.18 bits per heavy atom. The fourth-order valence-electron chi connectivity index (χ4n) is 1.12. The minimum atomic E-state index is 0.532. The summed E-state index contributed by atoms with van der Waals surface area (Å²) in [6.07, 6.45) is 0.909. The van der Waals surface area contributed by atoms with E-state index in [4.69, 9.17) is 5.73 Å². The van der Waals surface area contributed by atoms with Gasteiger partial charge in [-0.15, -0.1) is 5.10 Å². The highest BCUT2D eigenvalue weighted by atomic mass is 15.4. The van der Waals surface area contributed by atoms with Crippen molar-refractivity contribution in [3.63, 3.8) is 0 Å². The van der Waals surface area contributed by atoms with Gasteiger partial charge in [0.25, 0.3) is 0 Å². The van der Waals surface area contributed by atoms with Crippen molar-refractivity contribution in [2.75, 3.05) is 0 Å². The van der Waals surface area contributed by atoms with Gasteiger partial charge in [-0.3, -0.25) is 0 Å². The summed E-state index contributed by atoms with van der Waals surface area (Å²) in [4.78, 5) is 0.